The van der Waals surface area contributed by atoms with Gasteiger partial charge in [-0.15, -0.1) is 0 Å². The van der Waals surface area contributed by atoms with E-state index in [2.05, 4.69) is 39.4 Å². The SMILES string of the molecule is CC(C)c1cc(NCCc2noc(C3CCCO3)n2)n2nccc2n1. The zero-order valence-corrected chi connectivity index (χ0v) is 14.5. The van der Waals surface area contributed by atoms with Crippen LogP contribution in [0.2, 0.25) is 0 Å². The Morgan fingerprint density at radius 3 is 3.08 bits per heavy atom. The molecule has 8 heteroatoms. The lowest BCUT2D eigenvalue weighted by Gasteiger charge is -2.11. The van der Waals surface area contributed by atoms with E-state index >= 15 is 0 Å². The average Bonchev–Trinajstić information content (AvgIpc) is 3.35. The van der Waals surface area contributed by atoms with Crippen LogP contribution in [-0.2, 0) is 11.2 Å². The maximum absolute atomic E-state index is 5.57. The van der Waals surface area contributed by atoms with Crippen molar-refractivity contribution in [2.75, 3.05) is 18.5 Å². The second-order valence-corrected chi connectivity index (χ2v) is 6.55. The van der Waals surface area contributed by atoms with Crippen molar-refractivity contribution >= 4 is 11.5 Å². The number of hydrogen-bond donors (Lipinski definition) is 1. The minimum atomic E-state index is -0.0355. The van der Waals surface area contributed by atoms with Crippen molar-refractivity contribution in [2.45, 2.75) is 45.1 Å². The van der Waals surface area contributed by atoms with Crippen molar-refractivity contribution in [3.8, 4) is 0 Å². The van der Waals surface area contributed by atoms with Crippen LogP contribution in [0.25, 0.3) is 5.65 Å². The average molecular weight is 342 g/mol. The number of aromatic nitrogens is 5. The van der Waals surface area contributed by atoms with Gasteiger partial charge in [0.05, 0.1) is 6.20 Å². The topological polar surface area (TPSA) is 90.4 Å². The summed E-state index contributed by atoms with van der Waals surface area (Å²) in [4.78, 5) is 9.06. The van der Waals surface area contributed by atoms with Gasteiger partial charge >= 0.3 is 0 Å². The fourth-order valence-corrected chi connectivity index (χ4v) is 2.93. The second kappa shape index (κ2) is 6.79. The number of nitrogens with zero attached hydrogens (tertiary/aromatic N) is 5. The van der Waals surface area contributed by atoms with Crippen molar-refractivity contribution in [1.82, 2.24) is 24.7 Å². The van der Waals surface area contributed by atoms with Crippen LogP contribution in [0.5, 0.6) is 0 Å². The van der Waals surface area contributed by atoms with Crippen LogP contribution in [0.4, 0.5) is 5.82 Å². The third-order valence-electron chi connectivity index (χ3n) is 4.31. The zero-order valence-electron chi connectivity index (χ0n) is 14.5. The molecule has 4 heterocycles. The molecular formula is C17H22N6O2. The Balaban J connectivity index is 1.43. The molecular weight excluding hydrogens is 320 g/mol. The lowest BCUT2D eigenvalue weighted by atomic mass is 10.1. The van der Waals surface area contributed by atoms with E-state index in [1.165, 1.54) is 0 Å². The Labute approximate surface area is 145 Å². The lowest BCUT2D eigenvalue weighted by molar-refractivity contribution is 0.0835. The fourth-order valence-electron chi connectivity index (χ4n) is 2.93. The number of hydrogen-bond acceptors (Lipinski definition) is 7. The molecule has 1 N–H and O–H groups in total. The van der Waals surface area contributed by atoms with Crippen molar-refractivity contribution in [3.05, 3.63) is 35.7 Å². The summed E-state index contributed by atoms with van der Waals surface area (Å²) in [6.45, 7) is 5.71. The molecule has 1 atom stereocenters. The maximum Gasteiger partial charge on any atom is 0.255 e. The van der Waals surface area contributed by atoms with Crippen LogP contribution in [0, 0.1) is 0 Å². The first kappa shape index (κ1) is 16.0. The Bertz CT molecular complexity index is 850. The Hall–Kier alpha value is -2.48. The van der Waals surface area contributed by atoms with Crippen molar-refractivity contribution < 1.29 is 9.26 Å². The predicted molar refractivity (Wildman–Crippen MR) is 91.5 cm³/mol. The van der Waals surface area contributed by atoms with Gasteiger partial charge in [-0.05, 0) is 18.8 Å². The molecule has 3 aromatic rings. The van der Waals surface area contributed by atoms with E-state index in [4.69, 9.17) is 9.26 Å². The second-order valence-electron chi connectivity index (χ2n) is 6.55. The summed E-state index contributed by atoms with van der Waals surface area (Å²) in [5.74, 6) is 2.55. The molecule has 0 amide bonds. The van der Waals surface area contributed by atoms with Gasteiger partial charge in [0.15, 0.2) is 11.5 Å². The van der Waals surface area contributed by atoms with E-state index in [0.29, 0.717) is 30.6 Å². The first-order valence-corrected chi connectivity index (χ1v) is 8.73. The molecule has 1 aliphatic rings. The molecule has 1 aliphatic heterocycles. The van der Waals surface area contributed by atoms with Crippen molar-refractivity contribution in [1.29, 1.82) is 0 Å². The number of rotatable bonds is 6. The van der Waals surface area contributed by atoms with Crippen LogP contribution in [0.15, 0.2) is 22.9 Å². The quantitative estimate of drug-likeness (QED) is 0.736. The van der Waals surface area contributed by atoms with Crippen LogP contribution in [0.3, 0.4) is 0 Å². The molecule has 1 fully saturated rings. The van der Waals surface area contributed by atoms with E-state index in [-0.39, 0.29) is 6.10 Å². The van der Waals surface area contributed by atoms with E-state index < -0.39 is 0 Å². The largest absolute Gasteiger partial charge is 0.369 e. The minimum Gasteiger partial charge on any atom is -0.369 e. The summed E-state index contributed by atoms with van der Waals surface area (Å²) in [7, 11) is 0. The summed E-state index contributed by atoms with van der Waals surface area (Å²) in [5, 5.41) is 11.8. The van der Waals surface area contributed by atoms with E-state index in [0.717, 1.165) is 36.6 Å². The molecule has 8 nitrogen and oxygen atoms in total. The minimum absolute atomic E-state index is 0.0355. The maximum atomic E-state index is 5.57. The first-order chi connectivity index (χ1) is 12.2. The highest BCUT2D eigenvalue weighted by molar-refractivity contribution is 5.49. The number of nitrogens with one attached hydrogen (secondary N) is 1. The van der Waals surface area contributed by atoms with Gasteiger partial charge in [-0.1, -0.05) is 19.0 Å². The Morgan fingerprint density at radius 1 is 1.36 bits per heavy atom. The predicted octanol–water partition coefficient (Wildman–Crippen LogP) is 2.74. The molecule has 25 heavy (non-hydrogen) atoms. The molecule has 0 spiro atoms. The van der Waals surface area contributed by atoms with Crippen LogP contribution >= 0.6 is 0 Å². The highest BCUT2D eigenvalue weighted by Crippen LogP contribution is 2.27. The molecule has 0 radical (unpaired) electrons. The first-order valence-electron chi connectivity index (χ1n) is 8.73. The van der Waals surface area contributed by atoms with Gasteiger partial charge in [0.25, 0.3) is 5.89 Å². The van der Waals surface area contributed by atoms with Gasteiger partial charge in [-0.25, -0.2) is 4.98 Å². The highest BCUT2D eigenvalue weighted by atomic mass is 16.5. The fraction of sp³-hybridized carbons (Fsp3) is 0.529. The molecule has 3 aromatic heterocycles. The number of fused-ring (bicyclic) bond motifs is 1. The van der Waals surface area contributed by atoms with Gasteiger partial charge in [0.2, 0.25) is 0 Å². The normalized spacial score (nSPS) is 17.6. The molecule has 0 bridgehead atoms. The summed E-state index contributed by atoms with van der Waals surface area (Å²) in [5.41, 5.74) is 1.88. The summed E-state index contributed by atoms with van der Waals surface area (Å²) in [6, 6.07) is 3.95. The zero-order chi connectivity index (χ0) is 17.2. The molecule has 0 saturated carbocycles. The van der Waals surface area contributed by atoms with Gasteiger partial charge in [-0.3, -0.25) is 0 Å². The van der Waals surface area contributed by atoms with Crippen molar-refractivity contribution in [3.63, 3.8) is 0 Å². The number of anilines is 1. The molecule has 0 aliphatic carbocycles. The summed E-state index contributed by atoms with van der Waals surface area (Å²) >= 11 is 0. The van der Waals surface area contributed by atoms with E-state index in [9.17, 15) is 0 Å². The van der Waals surface area contributed by atoms with Gasteiger partial charge < -0.3 is 14.6 Å². The van der Waals surface area contributed by atoms with E-state index in [1.807, 2.05) is 12.1 Å². The molecule has 4 rings (SSSR count). The Morgan fingerprint density at radius 2 is 2.28 bits per heavy atom. The molecule has 0 aromatic carbocycles. The van der Waals surface area contributed by atoms with Crippen LogP contribution < -0.4 is 5.32 Å². The van der Waals surface area contributed by atoms with Gasteiger partial charge in [0.1, 0.15) is 11.9 Å². The van der Waals surface area contributed by atoms with E-state index in [1.54, 1.807) is 10.7 Å². The molecule has 132 valence electrons. The smallest absolute Gasteiger partial charge is 0.255 e. The van der Waals surface area contributed by atoms with Gasteiger partial charge in [-0.2, -0.15) is 14.6 Å². The van der Waals surface area contributed by atoms with Crippen LogP contribution in [-0.4, -0.2) is 37.9 Å². The third-order valence-corrected chi connectivity index (χ3v) is 4.31. The monoisotopic (exact) mass is 342 g/mol. The lowest BCUT2D eigenvalue weighted by Crippen LogP contribution is -2.11. The third kappa shape index (κ3) is 3.34. The van der Waals surface area contributed by atoms with Crippen LogP contribution in [0.1, 0.15) is 56.1 Å². The molecule has 1 saturated heterocycles. The number of ether oxygens (including phenoxy) is 1. The summed E-state index contributed by atoms with van der Waals surface area (Å²) in [6.07, 6.45) is 4.38. The summed E-state index contributed by atoms with van der Waals surface area (Å²) < 4.78 is 12.7. The molecule has 1 unspecified atom stereocenters. The highest BCUT2D eigenvalue weighted by Gasteiger charge is 2.23. The van der Waals surface area contributed by atoms with Gasteiger partial charge in [0, 0.05) is 37.4 Å². The standard InChI is InChI=1S/C17H22N6O2/c1-11(2)12-10-16(23-15(20-12)6-8-19-23)18-7-5-14-21-17(25-22-14)13-4-3-9-24-13/h6,8,10-11,13,18H,3-5,7,9H2,1-2H3. The Kier molecular flexibility index (Phi) is 4.35. The van der Waals surface area contributed by atoms with Crippen molar-refractivity contribution in [2.24, 2.45) is 0 Å².